The van der Waals surface area contributed by atoms with Gasteiger partial charge in [-0.2, -0.15) is 0 Å². The zero-order valence-corrected chi connectivity index (χ0v) is 22.0. The molecule has 0 bridgehead atoms. The highest BCUT2D eigenvalue weighted by molar-refractivity contribution is 6.40. The van der Waals surface area contributed by atoms with Gasteiger partial charge < -0.3 is 20.7 Å². The molecule has 0 saturated heterocycles. The minimum absolute atomic E-state index is 0.168. The number of carbonyl (C=O) groups excluding carboxylic acids is 2. The molecule has 2 aromatic rings. The quantitative estimate of drug-likeness (QED) is 0.216. The van der Waals surface area contributed by atoms with E-state index in [1.807, 2.05) is 27.8 Å². The summed E-state index contributed by atoms with van der Waals surface area (Å²) in [5, 5.41) is 2.72. The molecule has 11 heteroatoms. The number of benzene rings is 2. The molecule has 188 valence electrons. The van der Waals surface area contributed by atoms with E-state index in [0.29, 0.717) is 36.8 Å². The fourth-order valence-corrected chi connectivity index (χ4v) is 4.34. The average Bonchev–Trinajstić information content (AvgIpc) is 2.82. The highest BCUT2D eigenvalue weighted by atomic mass is 35.5. The Hall–Kier alpha value is -2.22. The lowest BCUT2D eigenvalue weighted by atomic mass is 9.78. The molecule has 2 unspecified atom stereocenters. The van der Waals surface area contributed by atoms with Crippen LogP contribution in [0.1, 0.15) is 18.1 Å². The van der Waals surface area contributed by atoms with Gasteiger partial charge in [-0.25, -0.2) is 9.18 Å². The number of esters is 1. The van der Waals surface area contributed by atoms with Crippen molar-refractivity contribution in [2.45, 2.75) is 31.8 Å². The molecular formula is C24H32B2Cl2FN3O3. The average molecular weight is 522 g/mol. The Kier molecular flexibility index (Phi) is 11.9. The van der Waals surface area contributed by atoms with Crippen molar-refractivity contribution in [3.8, 4) is 0 Å². The van der Waals surface area contributed by atoms with E-state index in [0.717, 1.165) is 22.2 Å². The van der Waals surface area contributed by atoms with E-state index in [-0.39, 0.29) is 18.8 Å². The molecule has 0 fully saturated rings. The number of rotatable bonds is 13. The molecule has 0 aliphatic heterocycles. The van der Waals surface area contributed by atoms with Gasteiger partial charge in [0.15, 0.2) is 0 Å². The molecule has 0 spiro atoms. The van der Waals surface area contributed by atoms with Gasteiger partial charge in [-0.3, -0.25) is 4.79 Å². The van der Waals surface area contributed by atoms with E-state index in [9.17, 15) is 14.0 Å². The summed E-state index contributed by atoms with van der Waals surface area (Å²) in [5.74, 6) is -0.424. The van der Waals surface area contributed by atoms with Crippen LogP contribution in [0.5, 0.6) is 0 Å². The third-order valence-electron chi connectivity index (χ3n) is 5.76. The van der Waals surface area contributed by atoms with Crippen LogP contribution in [-0.2, 0) is 27.2 Å². The Morgan fingerprint density at radius 2 is 1.66 bits per heavy atom. The lowest BCUT2D eigenvalue weighted by Crippen LogP contribution is -2.51. The first kappa shape index (κ1) is 29.0. The molecular weight excluding hydrogens is 490 g/mol. The van der Waals surface area contributed by atoms with Gasteiger partial charge in [-0.1, -0.05) is 28.6 Å². The summed E-state index contributed by atoms with van der Waals surface area (Å²) in [7, 11) is 3.96. The van der Waals surface area contributed by atoms with E-state index in [1.165, 1.54) is 12.1 Å². The normalized spacial score (nSPS) is 12.6. The van der Waals surface area contributed by atoms with Crippen molar-refractivity contribution >= 4 is 67.4 Å². The molecule has 0 radical (unpaired) electrons. The molecule has 2 atom stereocenters. The van der Waals surface area contributed by atoms with Crippen LogP contribution in [0.4, 0.5) is 10.1 Å². The van der Waals surface area contributed by atoms with Crippen LogP contribution in [-0.4, -0.2) is 71.1 Å². The maximum Gasteiger partial charge on any atom is 0.328 e. The predicted molar refractivity (Wildman–Crippen MR) is 147 cm³/mol. The summed E-state index contributed by atoms with van der Waals surface area (Å²) in [4.78, 5) is 27.5. The molecule has 2 aromatic carbocycles. The van der Waals surface area contributed by atoms with E-state index in [4.69, 9.17) is 33.7 Å². The predicted octanol–water partition coefficient (Wildman–Crippen LogP) is -0.213. The van der Waals surface area contributed by atoms with Crippen LogP contribution in [0.25, 0.3) is 0 Å². The number of nitrogens with one attached hydrogen (secondary N) is 1. The van der Waals surface area contributed by atoms with E-state index >= 15 is 0 Å². The van der Waals surface area contributed by atoms with Crippen molar-refractivity contribution in [1.82, 2.24) is 5.32 Å². The molecule has 0 aliphatic carbocycles. The van der Waals surface area contributed by atoms with Gasteiger partial charge >= 0.3 is 5.97 Å². The third-order valence-corrected chi connectivity index (χ3v) is 6.09. The molecule has 0 aliphatic rings. The topological polar surface area (TPSA) is 84.7 Å². The number of nitrogens with zero attached hydrogens (tertiary/aromatic N) is 1. The Labute approximate surface area is 218 Å². The van der Waals surface area contributed by atoms with Crippen molar-refractivity contribution in [2.75, 3.05) is 36.4 Å². The molecule has 0 heterocycles. The van der Waals surface area contributed by atoms with Crippen LogP contribution in [0, 0.1) is 5.82 Å². The van der Waals surface area contributed by atoms with Crippen molar-refractivity contribution < 1.29 is 18.7 Å². The first-order chi connectivity index (χ1) is 16.7. The number of anilines is 1. The standard InChI is InChI=1S/C24H32B2Cl2FN3O3/c1-2-35-24(34)22(11-15-3-5-16(29)6-4-15)31-23(33)21(30)14-18-19(25)12-17(13-20(18)26)32(9-7-27)10-8-28/h3-6,12-13,21-22H,2,7-11,14,25-26,30H2,1H3,(H,31,33). The minimum Gasteiger partial charge on any atom is -0.464 e. The summed E-state index contributed by atoms with van der Waals surface area (Å²) in [6.45, 7) is 3.22. The molecule has 3 N–H and O–H groups in total. The molecule has 2 rings (SSSR count). The summed E-state index contributed by atoms with van der Waals surface area (Å²) in [5.41, 5.74) is 11.0. The number of ether oxygens (including phenoxy) is 1. The SMILES string of the molecule is Bc1cc(N(CCCl)CCCl)cc(B)c1CC(N)C(=O)NC(Cc1ccc(F)cc1)C(=O)OCC. The van der Waals surface area contributed by atoms with E-state index in [2.05, 4.69) is 10.2 Å². The van der Waals surface area contributed by atoms with Crippen molar-refractivity contribution in [3.63, 3.8) is 0 Å². The number of hydrogen-bond donors (Lipinski definition) is 2. The Morgan fingerprint density at radius 3 is 2.17 bits per heavy atom. The number of amides is 1. The number of alkyl halides is 2. The minimum atomic E-state index is -0.928. The van der Waals surface area contributed by atoms with E-state index < -0.39 is 24.0 Å². The summed E-state index contributed by atoms with van der Waals surface area (Å²) < 4.78 is 18.4. The van der Waals surface area contributed by atoms with E-state index in [1.54, 1.807) is 19.1 Å². The third kappa shape index (κ3) is 8.74. The zero-order valence-electron chi connectivity index (χ0n) is 20.5. The van der Waals surface area contributed by atoms with Crippen molar-refractivity contribution in [1.29, 1.82) is 0 Å². The molecule has 0 aromatic heterocycles. The fraction of sp³-hybridized carbons (Fsp3) is 0.417. The van der Waals surface area contributed by atoms with Crippen molar-refractivity contribution in [3.05, 3.63) is 53.3 Å². The smallest absolute Gasteiger partial charge is 0.328 e. The monoisotopic (exact) mass is 521 g/mol. The first-order valence-electron chi connectivity index (χ1n) is 11.6. The van der Waals surface area contributed by atoms with Gasteiger partial charge in [0.1, 0.15) is 27.6 Å². The number of nitrogens with two attached hydrogens (primary N) is 1. The maximum absolute atomic E-state index is 13.2. The second kappa shape index (κ2) is 14.4. The van der Waals surface area contributed by atoms with Crippen LogP contribution in [0.2, 0.25) is 0 Å². The Balaban J connectivity index is 2.15. The summed E-state index contributed by atoms with van der Waals surface area (Å²) >= 11 is 11.9. The number of hydrogen-bond acceptors (Lipinski definition) is 5. The first-order valence-corrected chi connectivity index (χ1v) is 12.7. The molecule has 1 amide bonds. The highest BCUT2D eigenvalue weighted by Crippen LogP contribution is 2.14. The largest absolute Gasteiger partial charge is 0.464 e. The highest BCUT2D eigenvalue weighted by Gasteiger charge is 2.26. The van der Waals surface area contributed by atoms with Gasteiger partial charge in [-0.15, -0.1) is 23.2 Å². The van der Waals surface area contributed by atoms with Crippen LogP contribution >= 0.6 is 23.2 Å². The van der Waals surface area contributed by atoms with Crippen LogP contribution in [0.3, 0.4) is 0 Å². The Morgan fingerprint density at radius 1 is 1.09 bits per heavy atom. The van der Waals surface area contributed by atoms with Gasteiger partial charge in [0.2, 0.25) is 5.91 Å². The number of halogens is 3. The van der Waals surface area contributed by atoms with Crippen molar-refractivity contribution in [2.24, 2.45) is 5.73 Å². The molecule has 0 saturated carbocycles. The van der Waals surface area contributed by atoms with Crippen LogP contribution < -0.4 is 26.9 Å². The maximum atomic E-state index is 13.2. The van der Waals surface area contributed by atoms with Crippen LogP contribution in [0.15, 0.2) is 36.4 Å². The molecule has 6 nitrogen and oxygen atoms in total. The number of carbonyl (C=O) groups is 2. The lowest BCUT2D eigenvalue weighted by molar-refractivity contribution is -0.147. The zero-order chi connectivity index (χ0) is 26.0. The Bertz CT molecular complexity index is 969. The second-order valence-corrected chi connectivity index (χ2v) is 9.13. The van der Waals surface area contributed by atoms with Gasteiger partial charge in [0.05, 0.1) is 12.6 Å². The molecule has 35 heavy (non-hydrogen) atoms. The lowest BCUT2D eigenvalue weighted by Gasteiger charge is -2.26. The van der Waals surface area contributed by atoms with Gasteiger partial charge in [-0.05, 0) is 43.2 Å². The fourth-order valence-electron chi connectivity index (χ4n) is 3.93. The van der Waals surface area contributed by atoms with Gasteiger partial charge in [0, 0.05) is 37.0 Å². The summed E-state index contributed by atoms with van der Waals surface area (Å²) in [6.07, 6.45) is 0.474. The summed E-state index contributed by atoms with van der Waals surface area (Å²) in [6, 6.07) is 8.04. The second-order valence-electron chi connectivity index (χ2n) is 8.38. The van der Waals surface area contributed by atoms with Gasteiger partial charge in [0.25, 0.3) is 0 Å².